The van der Waals surface area contributed by atoms with Crippen molar-refractivity contribution in [3.05, 3.63) is 62.7 Å². The molecule has 7 heteroatoms. The van der Waals surface area contributed by atoms with Crippen LogP contribution < -0.4 is 10.5 Å². The lowest BCUT2D eigenvalue weighted by Crippen LogP contribution is -2.10. The van der Waals surface area contributed by atoms with E-state index in [1.807, 2.05) is 0 Å². The van der Waals surface area contributed by atoms with Crippen molar-refractivity contribution in [2.24, 2.45) is 5.73 Å². The number of hydrogen-bond acceptors (Lipinski definition) is 4. The summed E-state index contributed by atoms with van der Waals surface area (Å²) in [5, 5.41) is 18.4. The molecule has 108 valence electrons. The highest BCUT2D eigenvalue weighted by Gasteiger charge is 2.12. The molecule has 2 aromatic rings. The molecule has 0 saturated heterocycles. The van der Waals surface area contributed by atoms with Crippen LogP contribution in [-0.4, -0.2) is 10.8 Å². The third-order valence-electron chi connectivity index (χ3n) is 2.85. The first-order valence-corrected chi connectivity index (χ1v) is 6.33. The van der Waals surface area contributed by atoms with Crippen LogP contribution in [0.1, 0.15) is 11.1 Å². The van der Waals surface area contributed by atoms with Gasteiger partial charge in [-0.2, -0.15) is 0 Å². The molecule has 2 aromatic carbocycles. The smallest absolute Gasteiger partial charge is 0.273 e. The fourth-order valence-electron chi connectivity index (χ4n) is 1.68. The summed E-state index contributed by atoms with van der Waals surface area (Å²) in [5.41, 5.74) is 6.53. The normalized spacial score (nSPS) is 10.2. The van der Waals surface area contributed by atoms with E-state index in [2.05, 4.69) is 0 Å². The van der Waals surface area contributed by atoms with Gasteiger partial charge in [-0.15, -0.1) is 0 Å². The van der Waals surface area contributed by atoms with Gasteiger partial charge in [0.05, 0.1) is 16.0 Å². The maximum atomic E-state index is 10.8. The van der Waals surface area contributed by atoms with E-state index >= 15 is 0 Å². The molecule has 6 nitrogen and oxygen atoms in total. The molecule has 0 amide bonds. The van der Waals surface area contributed by atoms with Crippen LogP contribution in [0.3, 0.4) is 0 Å². The summed E-state index contributed by atoms with van der Waals surface area (Å²) in [5.74, 6) is 0.585. The lowest BCUT2D eigenvalue weighted by atomic mass is 10.2. The number of nitro benzene ring substituents is 1. The molecule has 21 heavy (non-hydrogen) atoms. The molecule has 0 atom stereocenters. The zero-order valence-electron chi connectivity index (χ0n) is 11.1. The molecule has 0 bridgehead atoms. The monoisotopic (exact) mass is 305 g/mol. The number of nitrogens with zero attached hydrogens (tertiary/aromatic N) is 1. The van der Waals surface area contributed by atoms with Crippen molar-refractivity contribution in [1.29, 1.82) is 5.41 Å². The third kappa shape index (κ3) is 3.29. The molecule has 0 heterocycles. The Morgan fingerprint density at radius 1 is 1.29 bits per heavy atom. The van der Waals surface area contributed by atoms with Crippen molar-refractivity contribution in [2.45, 2.75) is 6.92 Å². The van der Waals surface area contributed by atoms with Crippen LogP contribution in [0, 0.1) is 22.4 Å². The number of aryl methyl sites for hydroxylation is 1. The van der Waals surface area contributed by atoms with Crippen LogP contribution in [0.2, 0.25) is 5.02 Å². The van der Waals surface area contributed by atoms with Crippen molar-refractivity contribution in [2.75, 3.05) is 0 Å². The minimum absolute atomic E-state index is 0.0629. The van der Waals surface area contributed by atoms with Crippen LogP contribution >= 0.6 is 11.6 Å². The van der Waals surface area contributed by atoms with Gasteiger partial charge in [0.25, 0.3) is 5.69 Å². The van der Waals surface area contributed by atoms with E-state index in [0.29, 0.717) is 17.1 Å². The van der Waals surface area contributed by atoms with Crippen molar-refractivity contribution in [3.63, 3.8) is 0 Å². The largest absolute Gasteiger partial charge is 0.455 e. The highest BCUT2D eigenvalue weighted by molar-refractivity contribution is 6.32. The highest BCUT2D eigenvalue weighted by Crippen LogP contribution is 2.33. The second-order valence-electron chi connectivity index (χ2n) is 4.37. The summed E-state index contributed by atoms with van der Waals surface area (Å²) >= 11 is 6.07. The van der Waals surface area contributed by atoms with Gasteiger partial charge in [0.1, 0.15) is 17.3 Å². The predicted octanol–water partition coefficient (Wildman–Crippen LogP) is 3.63. The maximum absolute atomic E-state index is 10.8. The molecule has 0 fully saturated rings. The Kier molecular flexibility index (Phi) is 4.09. The number of nitro groups is 1. The Morgan fingerprint density at radius 2 is 2.00 bits per heavy atom. The number of non-ortho nitro benzene ring substituents is 1. The second kappa shape index (κ2) is 5.80. The Bertz CT molecular complexity index is 731. The Hall–Kier alpha value is -2.60. The zero-order chi connectivity index (χ0) is 15.6. The molecule has 0 aliphatic rings. The van der Waals surface area contributed by atoms with E-state index in [9.17, 15) is 10.1 Å². The summed E-state index contributed by atoms with van der Waals surface area (Å²) in [7, 11) is 0. The lowest BCUT2D eigenvalue weighted by Gasteiger charge is -2.10. The van der Waals surface area contributed by atoms with Crippen LogP contribution in [0.15, 0.2) is 36.4 Å². The van der Waals surface area contributed by atoms with Gasteiger partial charge in [-0.1, -0.05) is 11.6 Å². The number of nitrogen functional groups attached to an aromatic ring is 1. The van der Waals surface area contributed by atoms with E-state index in [1.165, 1.54) is 18.2 Å². The lowest BCUT2D eigenvalue weighted by molar-refractivity contribution is -0.384. The summed E-state index contributed by atoms with van der Waals surface area (Å²) in [6.45, 7) is 1.77. The number of halogens is 1. The summed E-state index contributed by atoms with van der Waals surface area (Å²) in [6, 6.07) is 9.01. The van der Waals surface area contributed by atoms with E-state index in [1.54, 1.807) is 25.1 Å². The predicted molar refractivity (Wildman–Crippen MR) is 80.4 cm³/mol. The first-order valence-electron chi connectivity index (χ1n) is 5.95. The van der Waals surface area contributed by atoms with E-state index < -0.39 is 4.92 Å². The molecule has 2 rings (SSSR count). The molecular weight excluding hydrogens is 294 g/mol. The molecule has 0 radical (unpaired) electrons. The molecule has 3 N–H and O–H groups in total. The molecule has 0 spiro atoms. The SMILES string of the molecule is Cc1ccc([N+](=O)[O-])cc1Oc1ccc(C(=N)N)cc1Cl. The number of ether oxygens (including phenoxy) is 1. The zero-order valence-corrected chi connectivity index (χ0v) is 11.8. The molecule has 0 saturated carbocycles. The minimum atomic E-state index is -0.493. The maximum Gasteiger partial charge on any atom is 0.273 e. The number of hydrogen-bond donors (Lipinski definition) is 2. The van der Waals surface area contributed by atoms with E-state index in [-0.39, 0.29) is 16.5 Å². The fraction of sp³-hybridized carbons (Fsp3) is 0.0714. The van der Waals surface area contributed by atoms with Crippen molar-refractivity contribution in [1.82, 2.24) is 0 Å². The van der Waals surface area contributed by atoms with Gasteiger partial charge >= 0.3 is 0 Å². The molecular formula is C14H12ClN3O3. The molecule has 0 aliphatic heterocycles. The number of amidine groups is 1. The Labute approximate surface area is 125 Å². The summed E-state index contributed by atoms with van der Waals surface area (Å²) < 4.78 is 5.62. The van der Waals surface area contributed by atoms with Gasteiger partial charge in [-0.3, -0.25) is 15.5 Å². The quantitative estimate of drug-likeness (QED) is 0.389. The van der Waals surface area contributed by atoms with Crippen molar-refractivity contribution < 1.29 is 9.66 Å². The van der Waals surface area contributed by atoms with Gasteiger partial charge in [-0.25, -0.2) is 0 Å². The first-order chi connectivity index (χ1) is 9.88. The van der Waals surface area contributed by atoms with Gasteiger partial charge in [0.15, 0.2) is 0 Å². The van der Waals surface area contributed by atoms with Crippen LogP contribution in [0.25, 0.3) is 0 Å². The standard InChI is InChI=1S/C14H12ClN3O3/c1-8-2-4-10(18(19)20)7-13(8)21-12-5-3-9(14(16)17)6-11(12)15/h2-7H,1H3,(H3,16,17). The number of nitrogens with two attached hydrogens (primary N) is 1. The van der Waals surface area contributed by atoms with E-state index in [4.69, 9.17) is 27.5 Å². The number of nitrogens with one attached hydrogen (secondary N) is 1. The van der Waals surface area contributed by atoms with Gasteiger partial charge in [-0.05, 0) is 36.8 Å². The molecule has 0 aromatic heterocycles. The average Bonchev–Trinajstić information content (AvgIpc) is 2.42. The minimum Gasteiger partial charge on any atom is -0.455 e. The van der Waals surface area contributed by atoms with Crippen molar-refractivity contribution in [3.8, 4) is 11.5 Å². The number of rotatable bonds is 4. The van der Waals surface area contributed by atoms with Gasteiger partial charge in [0.2, 0.25) is 0 Å². The Balaban J connectivity index is 2.36. The molecule has 0 aliphatic carbocycles. The van der Waals surface area contributed by atoms with Crippen LogP contribution in [0.5, 0.6) is 11.5 Å². The van der Waals surface area contributed by atoms with Gasteiger partial charge in [0, 0.05) is 11.6 Å². The third-order valence-corrected chi connectivity index (χ3v) is 3.14. The Morgan fingerprint density at radius 3 is 2.57 bits per heavy atom. The highest BCUT2D eigenvalue weighted by atomic mass is 35.5. The fourth-order valence-corrected chi connectivity index (χ4v) is 1.90. The first kappa shape index (κ1) is 14.8. The van der Waals surface area contributed by atoms with Crippen LogP contribution in [-0.2, 0) is 0 Å². The van der Waals surface area contributed by atoms with E-state index in [0.717, 1.165) is 5.56 Å². The second-order valence-corrected chi connectivity index (χ2v) is 4.78. The topological polar surface area (TPSA) is 102 Å². The number of benzene rings is 2. The van der Waals surface area contributed by atoms with Crippen LogP contribution in [0.4, 0.5) is 5.69 Å². The molecule has 0 unspecified atom stereocenters. The van der Waals surface area contributed by atoms with Gasteiger partial charge < -0.3 is 10.5 Å². The van der Waals surface area contributed by atoms with Crippen molar-refractivity contribution >= 4 is 23.1 Å². The average molecular weight is 306 g/mol. The summed E-state index contributed by atoms with van der Waals surface area (Å²) in [6.07, 6.45) is 0. The summed E-state index contributed by atoms with van der Waals surface area (Å²) in [4.78, 5) is 10.3.